The Morgan fingerprint density at radius 2 is 1.78 bits per heavy atom. The quantitative estimate of drug-likeness (QED) is 0.664. The van der Waals surface area contributed by atoms with Gasteiger partial charge in [-0.05, 0) is 18.2 Å². The number of halogens is 2. The molecule has 122 valence electrons. The molecule has 0 radical (unpaired) electrons. The van der Waals surface area contributed by atoms with Gasteiger partial charge in [0.25, 0.3) is 15.7 Å². The molecule has 7 nitrogen and oxygen atoms in total. The molecule has 0 saturated heterocycles. The maximum atomic E-state index is 13.6. The molecule has 0 aliphatic rings. The van der Waals surface area contributed by atoms with Crippen molar-refractivity contribution < 1.29 is 26.9 Å². The lowest BCUT2D eigenvalue weighted by Crippen LogP contribution is -2.16. The van der Waals surface area contributed by atoms with Crippen LogP contribution in [0.3, 0.4) is 0 Å². The van der Waals surface area contributed by atoms with E-state index < -0.39 is 42.9 Å². The van der Waals surface area contributed by atoms with Crippen LogP contribution in [0.15, 0.2) is 41.3 Å². The van der Waals surface area contributed by atoms with E-state index in [0.29, 0.717) is 0 Å². The Bertz CT molecular complexity index is 850. The summed E-state index contributed by atoms with van der Waals surface area (Å²) in [5.74, 6) is -2.53. The molecule has 10 heteroatoms. The number of anilines is 1. The molecule has 0 aromatic heterocycles. The molecule has 0 heterocycles. The van der Waals surface area contributed by atoms with Crippen molar-refractivity contribution in [2.24, 2.45) is 0 Å². The molecule has 23 heavy (non-hydrogen) atoms. The molecule has 0 spiro atoms. The standard InChI is InChI=1S/C13H10F2N2O5S/c1-22-11-7-8(17(18)19)5-6-12(11)23(20,21)16-13-9(14)3-2-4-10(13)15/h2-7,16H,1H3. The highest BCUT2D eigenvalue weighted by atomic mass is 32.2. The lowest BCUT2D eigenvalue weighted by Gasteiger charge is -2.12. The Morgan fingerprint density at radius 3 is 2.30 bits per heavy atom. The van der Waals surface area contributed by atoms with Gasteiger partial charge < -0.3 is 4.74 Å². The predicted octanol–water partition coefficient (Wildman–Crippen LogP) is 2.68. The largest absolute Gasteiger partial charge is 0.495 e. The number of ether oxygens (including phenoxy) is 1. The van der Waals surface area contributed by atoms with Gasteiger partial charge in [0.2, 0.25) is 0 Å². The van der Waals surface area contributed by atoms with Crippen LogP contribution in [-0.4, -0.2) is 20.5 Å². The minimum Gasteiger partial charge on any atom is -0.495 e. The van der Waals surface area contributed by atoms with Crippen molar-refractivity contribution in [3.63, 3.8) is 0 Å². The third-order valence-electron chi connectivity index (χ3n) is 2.85. The van der Waals surface area contributed by atoms with Gasteiger partial charge in [-0.1, -0.05) is 6.07 Å². The molecule has 2 rings (SSSR count). The minimum absolute atomic E-state index is 0.330. The van der Waals surface area contributed by atoms with Crippen LogP contribution in [0.1, 0.15) is 0 Å². The SMILES string of the molecule is COc1cc([N+](=O)[O-])ccc1S(=O)(=O)Nc1c(F)cccc1F. The molecule has 0 atom stereocenters. The van der Waals surface area contributed by atoms with Gasteiger partial charge in [-0.25, -0.2) is 17.2 Å². The second-order valence-corrected chi connectivity index (χ2v) is 5.95. The summed E-state index contributed by atoms with van der Waals surface area (Å²) in [5.41, 5.74) is -1.24. The Kier molecular flexibility index (Phi) is 4.45. The number of nitro groups is 1. The summed E-state index contributed by atoms with van der Waals surface area (Å²) in [7, 11) is -3.31. The summed E-state index contributed by atoms with van der Waals surface area (Å²) in [6.07, 6.45) is 0. The molecule has 0 amide bonds. The fourth-order valence-electron chi connectivity index (χ4n) is 1.78. The predicted molar refractivity (Wildman–Crippen MR) is 76.8 cm³/mol. The Labute approximate surface area is 129 Å². The molecule has 0 aliphatic heterocycles. The third-order valence-corrected chi connectivity index (χ3v) is 4.24. The van der Waals surface area contributed by atoms with Gasteiger partial charge in [0.1, 0.15) is 28.0 Å². The molecule has 0 saturated carbocycles. The van der Waals surface area contributed by atoms with Gasteiger partial charge in [-0.3, -0.25) is 14.8 Å². The Balaban J connectivity index is 2.50. The summed E-state index contributed by atoms with van der Waals surface area (Å²) in [4.78, 5) is 9.47. The van der Waals surface area contributed by atoms with Crippen LogP contribution in [0.5, 0.6) is 5.75 Å². The van der Waals surface area contributed by atoms with Gasteiger partial charge in [0.15, 0.2) is 0 Å². The zero-order valence-corrected chi connectivity index (χ0v) is 12.4. The summed E-state index contributed by atoms with van der Waals surface area (Å²) in [6, 6.07) is 5.59. The average Bonchev–Trinajstić information content (AvgIpc) is 2.50. The zero-order valence-electron chi connectivity index (χ0n) is 11.6. The van der Waals surface area contributed by atoms with Crippen LogP contribution in [0, 0.1) is 21.7 Å². The molecule has 1 N–H and O–H groups in total. The van der Waals surface area contributed by atoms with Crippen LogP contribution in [0.4, 0.5) is 20.2 Å². The molecular formula is C13H10F2N2O5S. The highest BCUT2D eigenvalue weighted by Crippen LogP contribution is 2.30. The number of para-hydroxylation sites is 1. The molecule has 2 aromatic carbocycles. The van der Waals surface area contributed by atoms with Crippen molar-refractivity contribution in [2.75, 3.05) is 11.8 Å². The number of rotatable bonds is 5. The minimum atomic E-state index is -4.42. The highest BCUT2D eigenvalue weighted by Gasteiger charge is 2.24. The van der Waals surface area contributed by atoms with E-state index in [1.54, 1.807) is 4.72 Å². The first-order chi connectivity index (χ1) is 10.8. The molecule has 0 fully saturated rings. The summed E-state index contributed by atoms with van der Waals surface area (Å²) in [6.45, 7) is 0. The first kappa shape index (κ1) is 16.6. The van der Waals surface area contributed by atoms with Gasteiger partial charge in [-0.15, -0.1) is 0 Å². The first-order valence-electron chi connectivity index (χ1n) is 6.05. The lowest BCUT2D eigenvalue weighted by molar-refractivity contribution is -0.385. The molecule has 0 aliphatic carbocycles. The highest BCUT2D eigenvalue weighted by molar-refractivity contribution is 7.92. The average molecular weight is 344 g/mol. The van der Waals surface area contributed by atoms with Gasteiger partial charge >= 0.3 is 0 Å². The van der Waals surface area contributed by atoms with Crippen LogP contribution < -0.4 is 9.46 Å². The van der Waals surface area contributed by atoms with Crippen molar-refractivity contribution in [1.29, 1.82) is 0 Å². The number of benzene rings is 2. The number of nitrogens with zero attached hydrogens (tertiary/aromatic N) is 1. The molecular weight excluding hydrogens is 334 g/mol. The first-order valence-corrected chi connectivity index (χ1v) is 7.54. The van der Waals surface area contributed by atoms with Gasteiger partial charge in [0, 0.05) is 6.07 Å². The maximum absolute atomic E-state index is 13.6. The Hall–Kier alpha value is -2.75. The second-order valence-electron chi connectivity index (χ2n) is 4.29. The van der Waals surface area contributed by atoms with Crippen molar-refractivity contribution in [1.82, 2.24) is 0 Å². The normalized spacial score (nSPS) is 11.1. The van der Waals surface area contributed by atoms with Crippen LogP contribution in [0.25, 0.3) is 0 Å². The number of hydrogen-bond acceptors (Lipinski definition) is 5. The van der Waals surface area contributed by atoms with E-state index in [4.69, 9.17) is 4.74 Å². The second kappa shape index (κ2) is 6.16. The number of nitrogens with one attached hydrogen (secondary N) is 1. The van der Waals surface area contributed by atoms with Gasteiger partial charge in [-0.2, -0.15) is 0 Å². The smallest absolute Gasteiger partial charge is 0.273 e. The molecule has 2 aromatic rings. The van der Waals surface area contributed by atoms with E-state index in [-0.39, 0.29) is 5.75 Å². The number of sulfonamides is 1. The maximum Gasteiger partial charge on any atom is 0.273 e. The van der Waals surface area contributed by atoms with Crippen molar-refractivity contribution in [3.8, 4) is 5.75 Å². The van der Waals surface area contributed by atoms with Crippen molar-refractivity contribution >= 4 is 21.4 Å². The fourth-order valence-corrected chi connectivity index (χ4v) is 3.00. The number of methoxy groups -OCH3 is 1. The van der Waals surface area contributed by atoms with Crippen LogP contribution >= 0.6 is 0 Å². The topological polar surface area (TPSA) is 98.5 Å². The van der Waals surface area contributed by atoms with E-state index in [2.05, 4.69) is 0 Å². The van der Waals surface area contributed by atoms with Gasteiger partial charge in [0.05, 0.1) is 18.1 Å². The number of nitro benzene ring substituents is 1. The van der Waals surface area contributed by atoms with Crippen LogP contribution in [-0.2, 0) is 10.0 Å². The summed E-state index contributed by atoms with van der Waals surface area (Å²) < 4.78 is 58.2. The van der Waals surface area contributed by atoms with E-state index in [9.17, 15) is 27.3 Å². The van der Waals surface area contributed by atoms with Crippen molar-refractivity contribution in [3.05, 3.63) is 58.1 Å². The third kappa shape index (κ3) is 3.37. The molecule has 0 unspecified atom stereocenters. The molecule has 0 bridgehead atoms. The van der Waals surface area contributed by atoms with E-state index in [0.717, 1.165) is 43.5 Å². The zero-order chi connectivity index (χ0) is 17.2. The summed E-state index contributed by atoms with van der Waals surface area (Å²) in [5, 5.41) is 10.7. The van der Waals surface area contributed by atoms with E-state index >= 15 is 0 Å². The van der Waals surface area contributed by atoms with E-state index in [1.807, 2.05) is 0 Å². The van der Waals surface area contributed by atoms with Crippen molar-refractivity contribution in [2.45, 2.75) is 4.90 Å². The fraction of sp³-hybridized carbons (Fsp3) is 0.0769. The summed E-state index contributed by atoms with van der Waals surface area (Å²) >= 11 is 0. The van der Waals surface area contributed by atoms with Crippen LogP contribution in [0.2, 0.25) is 0 Å². The monoisotopic (exact) mass is 344 g/mol. The Morgan fingerprint density at radius 1 is 1.17 bits per heavy atom. The van der Waals surface area contributed by atoms with E-state index in [1.165, 1.54) is 0 Å². The number of hydrogen-bond donors (Lipinski definition) is 1. The number of non-ortho nitro benzene ring substituents is 1. The lowest BCUT2D eigenvalue weighted by atomic mass is 10.3.